The van der Waals surface area contributed by atoms with Crippen LogP contribution < -0.4 is 11.1 Å². The van der Waals surface area contributed by atoms with Crippen LogP contribution in [-0.2, 0) is 6.42 Å². The highest BCUT2D eigenvalue weighted by atomic mass is 35.5. The minimum absolute atomic E-state index is 0.587. The van der Waals surface area contributed by atoms with E-state index in [9.17, 15) is 0 Å². The normalized spacial score (nSPS) is 10.3. The van der Waals surface area contributed by atoms with Gasteiger partial charge in [-0.1, -0.05) is 17.7 Å². The Labute approximate surface area is 112 Å². The summed E-state index contributed by atoms with van der Waals surface area (Å²) in [5, 5.41) is 3.95. The van der Waals surface area contributed by atoms with Gasteiger partial charge in [-0.3, -0.25) is 4.98 Å². The Morgan fingerprint density at radius 1 is 1.39 bits per heavy atom. The van der Waals surface area contributed by atoms with E-state index in [4.69, 9.17) is 17.3 Å². The molecule has 0 radical (unpaired) electrons. The monoisotopic (exact) mass is 261 g/mol. The van der Waals surface area contributed by atoms with Crippen LogP contribution in [0.1, 0.15) is 11.1 Å². The van der Waals surface area contributed by atoms with Crippen molar-refractivity contribution in [2.24, 2.45) is 0 Å². The number of nitrogens with two attached hydrogens (primary N) is 1. The van der Waals surface area contributed by atoms with Crippen molar-refractivity contribution >= 4 is 23.0 Å². The molecule has 0 aliphatic rings. The first-order valence-electron chi connectivity index (χ1n) is 5.85. The predicted molar refractivity (Wildman–Crippen MR) is 77.0 cm³/mol. The Morgan fingerprint density at radius 2 is 2.22 bits per heavy atom. The lowest BCUT2D eigenvalue weighted by atomic mass is 10.1. The van der Waals surface area contributed by atoms with Crippen molar-refractivity contribution in [2.75, 3.05) is 17.6 Å². The van der Waals surface area contributed by atoms with Crippen LogP contribution in [0.4, 0.5) is 11.4 Å². The molecule has 0 unspecified atom stereocenters. The molecule has 1 heterocycles. The molecular weight excluding hydrogens is 246 g/mol. The van der Waals surface area contributed by atoms with Gasteiger partial charge in [0, 0.05) is 24.6 Å². The van der Waals surface area contributed by atoms with E-state index >= 15 is 0 Å². The molecule has 2 aromatic rings. The number of nitrogen functional groups attached to an aromatic ring is 1. The summed E-state index contributed by atoms with van der Waals surface area (Å²) in [5.74, 6) is 0. The number of hydrogen-bond acceptors (Lipinski definition) is 3. The van der Waals surface area contributed by atoms with Crippen LogP contribution in [0, 0.1) is 6.92 Å². The third kappa shape index (κ3) is 3.14. The van der Waals surface area contributed by atoms with Gasteiger partial charge in [-0.2, -0.15) is 0 Å². The molecule has 3 N–H and O–H groups in total. The number of hydrogen-bond donors (Lipinski definition) is 2. The fourth-order valence-electron chi connectivity index (χ4n) is 1.78. The zero-order chi connectivity index (χ0) is 13.0. The number of rotatable bonds is 4. The summed E-state index contributed by atoms with van der Waals surface area (Å²) >= 11 is 6.01. The number of anilines is 2. The van der Waals surface area contributed by atoms with Crippen LogP contribution in [0.25, 0.3) is 0 Å². The molecule has 1 aromatic heterocycles. The van der Waals surface area contributed by atoms with Gasteiger partial charge in [0.15, 0.2) is 0 Å². The lowest BCUT2D eigenvalue weighted by Gasteiger charge is -2.11. The number of halogens is 1. The molecule has 94 valence electrons. The van der Waals surface area contributed by atoms with Gasteiger partial charge in [0.05, 0.1) is 10.7 Å². The van der Waals surface area contributed by atoms with Crippen molar-refractivity contribution in [3.63, 3.8) is 0 Å². The Hall–Kier alpha value is -1.74. The number of pyridine rings is 1. The van der Waals surface area contributed by atoms with Gasteiger partial charge in [0.1, 0.15) is 0 Å². The van der Waals surface area contributed by atoms with Crippen LogP contribution in [-0.4, -0.2) is 11.5 Å². The fourth-order valence-corrected chi connectivity index (χ4v) is 1.95. The lowest BCUT2D eigenvalue weighted by molar-refractivity contribution is 1.00. The molecule has 1 aromatic carbocycles. The molecule has 0 saturated heterocycles. The third-order valence-corrected chi connectivity index (χ3v) is 3.12. The average Bonchev–Trinajstić information content (AvgIpc) is 2.37. The summed E-state index contributed by atoms with van der Waals surface area (Å²) < 4.78 is 0. The number of aromatic nitrogens is 1. The molecule has 18 heavy (non-hydrogen) atoms. The zero-order valence-electron chi connectivity index (χ0n) is 10.3. The maximum atomic E-state index is 6.01. The van der Waals surface area contributed by atoms with Crippen molar-refractivity contribution in [3.8, 4) is 0 Å². The topological polar surface area (TPSA) is 50.9 Å². The molecule has 0 atom stereocenters. The van der Waals surface area contributed by atoms with E-state index in [0.717, 1.165) is 24.2 Å². The SMILES string of the molecule is Cc1cc(N)c(Cl)cc1NCCc1cccnc1. The summed E-state index contributed by atoms with van der Waals surface area (Å²) in [6.07, 6.45) is 4.58. The first kappa shape index (κ1) is 12.7. The molecule has 0 amide bonds. The van der Waals surface area contributed by atoms with E-state index in [0.29, 0.717) is 10.7 Å². The minimum atomic E-state index is 0.587. The molecule has 0 saturated carbocycles. The Kier molecular flexibility index (Phi) is 4.05. The summed E-state index contributed by atoms with van der Waals surface area (Å²) in [6, 6.07) is 7.77. The second-order valence-corrected chi connectivity index (χ2v) is 4.63. The van der Waals surface area contributed by atoms with Crippen LogP contribution in [0.2, 0.25) is 5.02 Å². The number of nitrogens with zero attached hydrogens (tertiary/aromatic N) is 1. The van der Waals surface area contributed by atoms with Crippen molar-refractivity contribution in [3.05, 3.63) is 52.8 Å². The van der Waals surface area contributed by atoms with E-state index in [1.807, 2.05) is 31.3 Å². The van der Waals surface area contributed by atoms with Gasteiger partial charge in [-0.15, -0.1) is 0 Å². The van der Waals surface area contributed by atoms with Gasteiger partial charge in [-0.25, -0.2) is 0 Å². The largest absolute Gasteiger partial charge is 0.398 e. The van der Waals surface area contributed by atoms with Gasteiger partial charge in [-0.05, 0) is 42.7 Å². The summed E-state index contributed by atoms with van der Waals surface area (Å²) in [4.78, 5) is 4.09. The van der Waals surface area contributed by atoms with Crippen molar-refractivity contribution < 1.29 is 0 Å². The van der Waals surface area contributed by atoms with E-state index < -0.39 is 0 Å². The van der Waals surface area contributed by atoms with Gasteiger partial charge in [0.25, 0.3) is 0 Å². The maximum Gasteiger partial charge on any atom is 0.0656 e. The van der Waals surface area contributed by atoms with Gasteiger partial charge in [0.2, 0.25) is 0 Å². The van der Waals surface area contributed by atoms with Crippen molar-refractivity contribution in [1.82, 2.24) is 4.98 Å². The average molecular weight is 262 g/mol. The minimum Gasteiger partial charge on any atom is -0.398 e. The fraction of sp³-hybridized carbons (Fsp3) is 0.214. The van der Waals surface area contributed by atoms with Crippen molar-refractivity contribution in [1.29, 1.82) is 0 Å². The van der Waals surface area contributed by atoms with Crippen LogP contribution >= 0.6 is 11.6 Å². The molecule has 4 heteroatoms. The number of benzene rings is 1. The smallest absolute Gasteiger partial charge is 0.0656 e. The molecular formula is C14H16ClN3. The first-order valence-corrected chi connectivity index (χ1v) is 6.23. The highest BCUT2D eigenvalue weighted by Gasteiger charge is 2.03. The van der Waals surface area contributed by atoms with Gasteiger partial charge >= 0.3 is 0 Å². The molecule has 3 nitrogen and oxygen atoms in total. The quantitative estimate of drug-likeness (QED) is 0.831. The second-order valence-electron chi connectivity index (χ2n) is 4.23. The van der Waals surface area contributed by atoms with E-state index in [1.54, 1.807) is 6.20 Å². The molecule has 0 fully saturated rings. The lowest BCUT2D eigenvalue weighted by Crippen LogP contribution is -2.06. The molecule has 0 bridgehead atoms. The molecule has 2 rings (SSSR count). The zero-order valence-corrected chi connectivity index (χ0v) is 11.0. The number of nitrogens with one attached hydrogen (secondary N) is 1. The standard InChI is InChI=1S/C14H16ClN3/c1-10-7-13(16)12(15)8-14(10)18-6-4-11-3-2-5-17-9-11/h2-3,5,7-9,18H,4,6,16H2,1H3. The summed E-state index contributed by atoms with van der Waals surface area (Å²) in [7, 11) is 0. The van der Waals surface area contributed by atoms with E-state index in [-0.39, 0.29) is 0 Å². The predicted octanol–water partition coefficient (Wildman–Crippen LogP) is 3.28. The van der Waals surface area contributed by atoms with Crippen LogP contribution in [0.15, 0.2) is 36.7 Å². The first-order chi connectivity index (χ1) is 8.66. The Bertz CT molecular complexity index is 526. The van der Waals surface area contributed by atoms with Gasteiger partial charge < -0.3 is 11.1 Å². The molecule has 0 aliphatic carbocycles. The molecule has 0 spiro atoms. The second kappa shape index (κ2) is 5.74. The summed E-state index contributed by atoms with van der Waals surface area (Å²) in [6.45, 7) is 2.85. The summed E-state index contributed by atoms with van der Waals surface area (Å²) in [5.41, 5.74) is 9.70. The highest BCUT2D eigenvalue weighted by Crippen LogP contribution is 2.26. The maximum absolute atomic E-state index is 6.01. The molecule has 0 aliphatic heterocycles. The van der Waals surface area contributed by atoms with E-state index in [2.05, 4.69) is 16.4 Å². The number of aryl methyl sites for hydroxylation is 1. The Balaban J connectivity index is 1.97. The highest BCUT2D eigenvalue weighted by molar-refractivity contribution is 6.33. The van der Waals surface area contributed by atoms with E-state index in [1.165, 1.54) is 5.56 Å². The Morgan fingerprint density at radius 3 is 2.94 bits per heavy atom. The van der Waals surface area contributed by atoms with Crippen LogP contribution in [0.5, 0.6) is 0 Å². The third-order valence-electron chi connectivity index (χ3n) is 2.80. The van der Waals surface area contributed by atoms with Crippen LogP contribution in [0.3, 0.4) is 0 Å². The van der Waals surface area contributed by atoms with Crippen molar-refractivity contribution in [2.45, 2.75) is 13.3 Å².